The van der Waals surface area contributed by atoms with Crippen LogP contribution in [0.1, 0.15) is 25.0 Å². The molecular formula is C29H35N3O6S. The van der Waals surface area contributed by atoms with E-state index in [-0.39, 0.29) is 23.0 Å². The van der Waals surface area contributed by atoms with E-state index in [1.807, 2.05) is 13.0 Å². The van der Waals surface area contributed by atoms with E-state index < -0.39 is 28.5 Å². The Morgan fingerprint density at radius 2 is 1.67 bits per heavy atom. The van der Waals surface area contributed by atoms with Crippen LogP contribution in [0.3, 0.4) is 0 Å². The van der Waals surface area contributed by atoms with Gasteiger partial charge in [0.2, 0.25) is 11.8 Å². The number of likely N-dealkylation sites (N-methyl/N-ethyl adjacent to an activating group) is 1. The van der Waals surface area contributed by atoms with E-state index in [0.717, 1.165) is 15.4 Å². The number of methoxy groups -OCH3 is 2. The summed E-state index contributed by atoms with van der Waals surface area (Å²) in [5.41, 5.74) is 1.74. The van der Waals surface area contributed by atoms with Gasteiger partial charge < -0.3 is 19.7 Å². The third-order valence-electron chi connectivity index (χ3n) is 6.22. The fourth-order valence-corrected chi connectivity index (χ4v) is 5.54. The van der Waals surface area contributed by atoms with Gasteiger partial charge in [-0.3, -0.25) is 13.9 Å². The lowest BCUT2D eigenvalue weighted by molar-refractivity contribution is -0.139. The summed E-state index contributed by atoms with van der Waals surface area (Å²) >= 11 is 0. The van der Waals surface area contributed by atoms with Crippen LogP contribution in [-0.4, -0.2) is 58.5 Å². The molecule has 0 radical (unpaired) electrons. The molecule has 0 aliphatic heterocycles. The summed E-state index contributed by atoms with van der Waals surface area (Å²) in [6.07, 6.45) is 0. The molecule has 0 saturated heterocycles. The maximum absolute atomic E-state index is 14.0. The first-order valence-corrected chi connectivity index (χ1v) is 14.0. The zero-order valence-electron chi connectivity index (χ0n) is 22.9. The van der Waals surface area contributed by atoms with Gasteiger partial charge in [-0.2, -0.15) is 0 Å². The molecule has 39 heavy (non-hydrogen) atoms. The Hall–Kier alpha value is -4.05. The highest BCUT2D eigenvalue weighted by molar-refractivity contribution is 7.92. The van der Waals surface area contributed by atoms with Crippen LogP contribution in [0.4, 0.5) is 5.69 Å². The molecule has 1 N–H and O–H groups in total. The number of hydrogen-bond acceptors (Lipinski definition) is 6. The van der Waals surface area contributed by atoms with Gasteiger partial charge in [-0.1, -0.05) is 36.4 Å². The summed E-state index contributed by atoms with van der Waals surface area (Å²) in [4.78, 5) is 28.2. The van der Waals surface area contributed by atoms with Crippen molar-refractivity contribution in [3.8, 4) is 11.5 Å². The van der Waals surface area contributed by atoms with E-state index in [1.54, 1.807) is 75.6 Å². The number of carbonyl (C=O) groups excluding carboxylic acids is 2. The molecule has 9 nitrogen and oxygen atoms in total. The van der Waals surface area contributed by atoms with Gasteiger partial charge in [0, 0.05) is 13.1 Å². The lowest BCUT2D eigenvalue weighted by Crippen LogP contribution is -2.51. The number of carbonyl (C=O) groups is 2. The number of hydrogen-bond donors (Lipinski definition) is 1. The lowest BCUT2D eigenvalue weighted by atomic mass is 10.1. The lowest BCUT2D eigenvalue weighted by Gasteiger charge is -2.32. The third kappa shape index (κ3) is 7.08. The summed E-state index contributed by atoms with van der Waals surface area (Å²) in [5, 5.41) is 2.75. The monoisotopic (exact) mass is 553 g/mol. The average Bonchev–Trinajstić information content (AvgIpc) is 2.94. The zero-order valence-corrected chi connectivity index (χ0v) is 23.7. The molecule has 0 bridgehead atoms. The van der Waals surface area contributed by atoms with Crippen molar-refractivity contribution in [1.82, 2.24) is 10.2 Å². The standard InChI is InChI=1S/C29H35N3O6S/c1-6-30-29(34)22(3)31(19-23-11-10-12-24(18-23)37-4)28(33)20-32(26-17-21(2)15-16-27(26)38-5)39(35,36)25-13-8-7-9-14-25/h7-18,22H,6,19-20H2,1-5H3,(H,30,34)/t22-/m1/s1. The topological polar surface area (TPSA) is 105 Å². The molecule has 1 atom stereocenters. The molecule has 2 amide bonds. The Bertz CT molecular complexity index is 1400. The van der Waals surface area contributed by atoms with Crippen LogP contribution in [0.15, 0.2) is 77.7 Å². The second-order valence-corrected chi connectivity index (χ2v) is 10.8. The predicted octanol–water partition coefficient (Wildman–Crippen LogP) is 3.76. The van der Waals surface area contributed by atoms with E-state index >= 15 is 0 Å². The Balaban J connectivity index is 2.09. The second-order valence-electron chi connectivity index (χ2n) is 8.94. The number of benzene rings is 3. The van der Waals surface area contributed by atoms with E-state index in [4.69, 9.17) is 9.47 Å². The number of anilines is 1. The molecule has 3 rings (SSSR count). The van der Waals surface area contributed by atoms with Gasteiger partial charge in [0.05, 0.1) is 24.8 Å². The van der Waals surface area contributed by atoms with Crippen molar-refractivity contribution in [3.63, 3.8) is 0 Å². The van der Waals surface area contributed by atoms with Crippen LogP contribution in [0.25, 0.3) is 0 Å². The normalized spacial score (nSPS) is 11.8. The first-order chi connectivity index (χ1) is 18.6. The number of aryl methyl sites for hydroxylation is 1. The summed E-state index contributed by atoms with van der Waals surface area (Å²) in [6.45, 7) is 5.14. The molecule has 0 fully saturated rings. The minimum absolute atomic E-state index is 0.0254. The van der Waals surface area contributed by atoms with Crippen LogP contribution in [-0.2, 0) is 26.2 Å². The van der Waals surface area contributed by atoms with Crippen LogP contribution < -0.4 is 19.1 Å². The summed E-state index contributed by atoms with van der Waals surface area (Å²) in [6, 6.07) is 19.3. The quantitative estimate of drug-likeness (QED) is 0.366. The number of nitrogens with zero attached hydrogens (tertiary/aromatic N) is 2. The van der Waals surface area contributed by atoms with Gasteiger partial charge in [0.25, 0.3) is 10.0 Å². The number of amides is 2. The highest BCUT2D eigenvalue weighted by Gasteiger charge is 2.33. The molecule has 0 aromatic heterocycles. The van der Waals surface area contributed by atoms with E-state index in [9.17, 15) is 18.0 Å². The molecule has 3 aromatic carbocycles. The SMILES string of the molecule is CCNC(=O)[C@@H](C)N(Cc1cccc(OC)c1)C(=O)CN(c1cc(C)ccc1OC)S(=O)(=O)c1ccccc1. The molecule has 10 heteroatoms. The van der Waals surface area contributed by atoms with Crippen molar-refractivity contribution >= 4 is 27.5 Å². The van der Waals surface area contributed by atoms with E-state index in [1.165, 1.54) is 24.1 Å². The van der Waals surface area contributed by atoms with E-state index in [2.05, 4.69) is 5.32 Å². The highest BCUT2D eigenvalue weighted by Crippen LogP contribution is 2.33. The zero-order chi connectivity index (χ0) is 28.6. The maximum Gasteiger partial charge on any atom is 0.264 e. The minimum Gasteiger partial charge on any atom is -0.497 e. The predicted molar refractivity (Wildman–Crippen MR) is 150 cm³/mol. The smallest absolute Gasteiger partial charge is 0.264 e. The Kier molecular flexibility index (Phi) is 9.95. The fraction of sp³-hybridized carbons (Fsp3) is 0.310. The first-order valence-electron chi connectivity index (χ1n) is 12.5. The minimum atomic E-state index is -4.19. The number of nitrogens with one attached hydrogen (secondary N) is 1. The molecule has 0 aliphatic carbocycles. The maximum atomic E-state index is 14.0. The van der Waals surface area contributed by atoms with Crippen LogP contribution in [0, 0.1) is 6.92 Å². The van der Waals surface area contributed by atoms with Crippen molar-refractivity contribution in [2.24, 2.45) is 0 Å². The van der Waals surface area contributed by atoms with Crippen LogP contribution in [0.2, 0.25) is 0 Å². The van der Waals surface area contributed by atoms with Gasteiger partial charge in [-0.05, 0) is 68.3 Å². The molecule has 0 unspecified atom stereocenters. The van der Waals surface area contributed by atoms with Crippen molar-refractivity contribution in [1.29, 1.82) is 0 Å². The number of ether oxygens (including phenoxy) is 2. The molecule has 0 saturated carbocycles. The first kappa shape index (κ1) is 29.5. The number of sulfonamides is 1. The Morgan fingerprint density at radius 1 is 0.949 bits per heavy atom. The van der Waals surface area contributed by atoms with Gasteiger partial charge in [0.15, 0.2) is 0 Å². The van der Waals surface area contributed by atoms with Gasteiger partial charge in [-0.15, -0.1) is 0 Å². The molecule has 0 aliphatic rings. The van der Waals surface area contributed by atoms with Crippen LogP contribution in [0.5, 0.6) is 11.5 Å². The number of rotatable bonds is 12. The highest BCUT2D eigenvalue weighted by atomic mass is 32.2. The molecular weight excluding hydrogens is 518 g/mol. The van der Waals surface area contributed by atoms with Crippen molar-refractivity contribution in [2.45, 2.75) is 38.3 Å². The molecule has 0 heterocycles. The van der Waals surface area contributed by atoms with Crippen LogP contribution >= 0.6 is 0 Å². The largest absolute Gasteiger partial charge is 0.497 e. The molecule has 3 aromatic rings. The molecule has 0 spiro atoms. The van der Waals surface area contributed by atoms with Gasteiger partial charge >= 0.3 is 0 Å². The third-order valence-corrected chi connectivity index (χ3v) is 7.99. The summed E-state index contributed by atoms with van der Waals surface area (Å²) in [7, 11) is -1.20. The summed E-state index contributed by atoms with van der Waals surface area (Å²) in [5.74, 6) is -0.00801. The van der Waals surface area contributed by atoms with Gasteiger partial charge in [0.1, 0.15) is 24.1 Å². The second kappa shape index (κ2) is 13.1. The molecule has 208 valence electrons. The van der Waals surface area contributed by atoms with Crippen molar-refractivity contribution in [3.05, 3.63) is 83.9 Å². The van der Waals surface area contributed by atoms with Crippen molar-refractivity contribution < 1.29 is 27.5 Å². The Labute approximate surface area is 230 Å². The van der Waals surface area contributed by atoms with Crippen molar-refractivity contribution in [2.75, 3.05) is 31.6 Å². The average molecular weight is 554 g/mol. The Morgan fingerprint density at radius 3 is 2.31 bits per heavy atom. The summed E-state index contributed by atoms with van der Waals surface area (Å²) < 4.78 is 39.7. The van der Waals surface area contributed by atoms with E-state index in [0.29, 0.717) is 18.0 Å². The fourth-order valence-electron chi connectivity index (χ4n) is 4.10. The van der Waals surface area contributed by atoms with Gasteiger partial charge in [-0.25, -0.2) is 8.42 Å².